The lowest BCUT2D eigenvalue weighted by atomic mass is 9.91. The van der Waals surface area contributed by atoms with Gasteiger partial charge in [-0.15, -0.1) is 0 Å². The molecule has 0 aromatic carbocycles. The molecule has 0 radical (unpaired) electrons. The molecule has 1 amide bonds. The highest BCUT2D eigenvalue weighted by atomic mass is 16.1. The van der Waals surface area contributed by atoms with Gasteiger partial charge in [-0.2, -0.15) is 0 Å². The van der Waals surface area contributed by atoms with Crippen molar-refractivity contribution in [3.8, 4) is 0 Å². The molecule has 0 aliphatic rings. The van der Waals surface area contributed by atoms with Crippen molar-refractivity contribution in [2.45, 2.75) is 70.4 Å². The van der Waals surface area contributed by atoms with Crippen LogP contribution in [0.2, 0.25) is 0 Å². The van der Waals surface area contributed by atoms with Crippen LogP contribution in [0, 0.1) is 0 Å². The van der Waals surface area contributed by atoms with E-state index in [-0.39, 0.29) is 5.78 Å². The fourth-order valence-electron chi connectivity index (χ4n) is 2.00. The molecule has 0 unspecified atom stereocenters. The molecule has 0 saturated carbocycles. The molecule has 2 atom stereocenters. The van der Waals surface area contributed by atoms with E-state index in [4.69, 9.17) is 11.5 Å². The monoisotopic (exact) mass is 297 g/mol. The summed E-state index contributed by atoms with van der Waals surface area (Å²) in [6.45, 7) is 5.22. The molecule has 0 aromatic heterocycles. The number of nitrogens with two attached hydrogens (primary N) is 2. The largest absolute Gasteiger partial charge is 0.368 e. The Bertz CT molecular complexity index is 378. The number of nitrogens with one attached hydrogen (secondary N) is 1. The number of Topliss-reactive ketones (excluding diaryl/α,β-unsaturated/α-hetero) is 1. The molecule has 0 aromatic rings. The van der Waals surface area contributed by atoms with Gasteiger partial charge in [0, 0.05) is 0 Å². The first-order chi connectivity index (χ1) is 9.65. The lowest BCUT2D eigenvalue weighted by Crippen LogP contribution is -2.49. The van der Waals surface area contributed by atoms with Crippen molar-refractivity contribution < 1.29 is 9.59 Å². The molecule has 5 N–H and O–H groups in total. The first-order valence-corrected chi connectivity index (χ1v) is 7.59. The maximum atomic E-state index is 11.5. The molecule has 0 saturated heterocycles. The normalized spacial score (nSPS) is 17.4. The van der Waals surface area contributed by atoms with Crippen LogP contribution in [0.5, 0.6) is 0 Å². The third kappa shape index (κ3) is 7.39. The van der Waals surface area contributed by atoms with Gasteiger partial charge in [0.05, 0.1) is 11.1 Å². The Kier molecular flexibility index (Phi) is 8.44. The summed E-state index contributed by atoms with van der Waals surface area (Å²) in [5.41, 5.74) is 9.66. The second kappa shape index (κ2) is 8.95. The summed E-state index contributed by atoms with van der Waals surface area (Å²) in [6, 6.07) is 0. The summed E-state index contributed by atoms with van der Waals surface area (Å²) >= 11 is 0. The Balaban J connectivity index is 3.85. The molecule has 21 heavy (non-hydrogen) atoms. The molecular formula is C16H31N3O2. The number of ketones is 1. The van der Waals surface area contributed by atoms with Crippen LogP contribution in [0.3, 0.4) is 0 Å². The Morgan fingerprint density at radius 1 is 1.10 bits per heavy atom. The Hall–Kier alpha value is -1.20. The summed E-state index contributed by atoms with van der Waals surface area (Å²) in [4.78, 5) is 22.6. The minimum atomic E-state index is -0.913. The number of hydrogen-bond acceptors (Lipinski definition) is 4. The average molecular weight is 297 g/mol. The number of carbonyl (C=O) groups excluding carboxylic acids is 2. The fraction of sp³-hybridized carbons (Fsp3) is 0.750. The maximum absolute atomic E-state index is 11.5. The van der Waals surface area contributed by atoms with E-state index in [1.54, 1.807) is 13.8 Å². The van der Waals surface area contributed by atoms with Gasteiger partial charge in [-0.05, 0) is 66.3 Å². The molecule has 0 spiro atoms. The van der Waals surface area contributed by atoms with E-state index < -0.39 is 17.0 Å². The van der Waals surface area contributed by atoms with Gasteiger partial charge in [0.1, 0.15) is 5.78 Å². The van der Waals surface area contributed by atoms with Crippen molar-refractivity contribution in [2.75, 3.05) is 7.05 Å². The number of carbonyl (C=O) groups is 2. The smallest absolute Gasteiger partial charge is 0.237 e. The fourth-order valence-corrected chi connectivity index (χ4v) is 2.00. The van der Waals surface area contributed by atoms with Gasteiger partial charge in [0.15, 0.2) is 0 Å². The van der Waals surface area contributed by atoms with Gasteiger partial charge >= 0.3 is 0 Å². The molecule has 0 aliphatic carbocycles. The van der Waals surface area contributed by atoms with E-state index in [0.717, 1.165) is 32.1 Å². The van der Waals surface area contributed by atoms with Crippen molar-refractivity contribution in [3.63, 3.8) is 0 Å². The van der Waals surface area contributed by atoms with Crippen LogP contribution in [0.25, 0.3) is 0 Å². The number of hydrogen-bond donors (Lipinski definition) is 3. The van der Waals surface area contributed by atoms with Gasteiger partial charge in [0.25, 0.3) is 0 Å². The molecule has 0 fully saturated rings. The Morgan fingerprint density at radius 2 is 1.57 bits per heavy atom. The first kappa shape index (κ1) is 19.8. The summed E-state index contributed by atoms with van der Waals surface area (Å²) in [6.07, 6.45) is 9.27. The third-order valence-electron chi connectivity index (χ3n) is 4.17. The van der Waals surface area contributed by atoms with Crippen LogP contribution < -0.4 is 16.8 Å². The number of primary amides is 1. The standard InChI is InChI=1S/C16H31N3O2/c1-13(20)16(3,19-4)12-10-8-6-5-7-9-11-15(2,18)14(17)21/h5-6,19H,7-12,18H2,1-4H3,(H2,17,21)/b6-5+/t15-,16-/m0/s1. The summed E-state index contributed by atoms with van der Waals surface area (Å²) in [7, 11) is 1.82. The van der Waals surface area contributed by atoms with Gasteiger partial charge in [-0.25, -0.2) is 0 Å². The summed E-state index contributed by atoms with van der Waals surface area (Å²) < 4.78 is 0. The molecule has 0 aliphatic heterocycles. The average Bonchev–Trinajstić information content (AvgIpc) is 2.40. The highest BCUT2D eigenvalue weighted by molar-refractivity contribution is 5.85. The third-order valence-corrected chi connectivity index (χ3v) is 4.17. The number of rotatable bonds is 11. The van der Waals surface area contributed by atoms with Crippen molar-refractivity contribution in [3.05, 3.63) is 12.2 Å². The lowest BCUT2D eigenvalue weighted by molar-refractivity contribution is -0.123. The minimum Gasteiger partial charge on any atom is -0.368 e. The zero-order chi connectivity index (χ0) is 16.5. The van der Waals surface area contributed by atoms with Crippen LogP contribution in [-0.4, -0.2) is 29.8 Å². The molecule has 5 heteroatoms. The van der Waals surface area contributed by atoms with Gasteiger partial charge in [0.2, 0.25) is 5.91 Å². The van der Waals surface area contributed by atoms with Crippen LogP contribution in [0.15, 0.2) is 12.2 Å². The van der Waals surface area contributed by atoms with Crippen molar-refractivity contribution in [1.82, 2.24) is 5.32 Å². The second-order valence-electron chi connectivity index (χ2n) is 6.18. The topological polar surface area (TPSA) is 98.2 Å². The quantitative estimate of drug-likeness (QED) is 0.399. The van der Waals surface area contributed by atoms with Crippen LogP contribution in [0.4, 0.5) is 0 Å². The summed E-state index contributed by atoms with van der Waals surface area (Å²) in [5.74, 6) is -0.287. The molecule has 0 heterocycles. The SMILES string of the molecule is CN[C@@](C)(CCC/C=C/CCC[C@](C)(N)C(N)=O)C(C)=O. The molecule has 0 bridgehead atoms. The predicted octanol–water partition coefficient (Wildman–Crippen LogP) is 1.65. The zero-order valence-electron chi connectivity index (χ0n) is 13.9. The second-order valence-corrected chi connectivity index (χ2v) is 6.18. The van der Waals surface area contributed by atoms with Gasteiger partial charge < -0.3 is 16.8 Å². The number of unbranched alkanes of at least 4 members (excludes halogenated alkanes) is 2. The van der Waals surface area contributed by atoms with E-state index in [0.29, 0.717) is 6.42 Å². The highest BCUT2D eigenvalue weighted by Crippen LogP contribution is 2.15. The molecule has 5 nitrogen and oxygen atoms in total. The highest BCUT2D eigenvalue weighted by Gasteiger charge is 2.26. The van der Waals surface area contributed by atoms with Gasteiger partial charge in [-0.1, -0.05) is 12.2 Å². The molecule has 0 rings (SSSR count). The Labute approximate surface area is 128 Å². The van der Waals surface area contributed by atoms with E-state index in [9.17, 15) is 9.59 Å². The number of likely N-dealkylation sites (N-methyl/N-ethyl adjacent to an activating group) is 1. The summed E-state index contributed by atoms with van der Waals surface area (Å²) in [5, 5.41) is 3.08. The zero-order valence-corrected chi connectivity index (χ0v) is 13.9. The van der Waals surface area contributed by atoms with E-state index in [2.05, 4.69) is 17.5 Å². The van der Waals surface area contributed by atoms with E-state index in [1.807, 2.05) is 14.0 Å². The lowest BCUT2D eigenvalue weighted by Gasteiger charge is -2.25. The number of amides is 1. The van der Waals surface area contributed by atoms with Crippen molar-refractivity contribution in [1.29, 1.82) is 0 Å². The van der Waals surface area contributed by atoms with Crippen LogP contribution in [-0.2, 0) is 9.59 Å². The number of allylic oxidation sites excluding steroid dienone is 2. The maximum Gasteiger partial charge on any atom is 0.237 e. The Morgan fingerprint density at radius 3 is 1.95 bits per heavy atom. The van der Waals surface area contributed by atoms with E-state index in [1.165, 1.54) is 0 Å². The van der Waals surface area contributed by atoms with Gasteiger partial charge in [-0.3, -0.25) is 9.59 Å². The molecular weight excluding hydrogens is 266 g/mol. The first-order valence-electron chi connectivity index (χ1n) is 7.59. The minimum absolute atomic E-state index is 0.169. The van der Waals surface area contributed by atoms with Crippen LogP contribution in [0.1, 0.15) is 59.3 Å². The van der Waals surface area contributed by atoms with Crippen molar-refractivity contribution in [2.24, 2.45) is 11.5 Å². The predicted molar refractivity (Wildman–Crippen MR) is 86.8 cm³/mol. The van der Waals surface area contributed by atoms with Crippen LogP contribution >= 0.6 is 0 Å². The molecule has 122 valence electrons. The van der Waals surface area contributed by atoms with E-state index >= 15 is 0 Å². The van der Waals surface area contributed by atoms with Crippen molar-refractivity contribution >= 4 is 11.7 Å².